The van der Waals surface area contributed by atoms with Gasteiger partial charge in [0, 0.05) is 56.0 Å². The Morgan fingerprint density at radius 3 is 1.70 bits per heavy atom. The van der Waals surface area contributed by atoms with Gasteiger partial charge >= 0.3 is 0 Å². The second-order valence-electron chi connectivity index (χ2n) is 19.2. The number of nitrogens with zero attached hydrogens (tertiary/aromatic N) is 4. The first-order chi connectivity index (χ1) is 33.9. The summed E-state index contributed by atoms with van der Waals surface area (Å²) in [6, 6.07) is 87.2. The maximum atomic E-state index is 5.21. The summed E-state index contributed by atoms with van der Waals surface area (Å²) in [6.07, 6.45) is 4.20. The molecule has 0 saturated carbocycles. The van der Waals surface area contributed by atoms with E-state index in [4.69, 9.17) is 4.98 Å². The molecule has 0 amide bonds. The maximum absolute atomic E-state index is 5.21. The van der Waals surface area contributed by atoms with Gasteiger partial charge in [0.05, 0.1) is 5.54 Å². The van der Waals surface area contributed by atoms with Crippen LogP contribution < -0.4 is 0 Å². The first kappa shape index (κ1) is 43.4. The number of benzene rings is 9. The summed E-state index contributed by atoms with van der Waals surface area (Å²) in [7, 11) is 0. The van der Waals surface area contributed by atoms with E-state index < -0.39 is 5.41 Å². The molecule has 5 heteroatoms. The van der Waals surface area contributed by atoms with Crippen molar-refractivity contribution in [1.82, 2.24) is 18.7 Å². The molecule has 0 N–H and O–H groups in total. The van der Waals surface area contributed by atoms with Gasteiger partial charge in [0.15, 0.2) is 17.4 Å². The van der Waals surface area contributed by atoms with Crippen molar-refractivity contribution in [2.45, 2.75) is 31.7 Å². The normalized spacial score (nSPS) is 12.8. The van der Waals surface area contributed by atoms with E-state index in [0.717, 1.165) is 55.5 Å². The predicted molar refractivity (Wildman–Crippen MR) is 284 cm³/mol. The van der Waals surface area contributed by atoms with Gasteiger partial charge in [-0.2, -0.15) is 30.3 Å². The van der Waals surface area contributed by atoms with Gasteiger partial charge in [-0.05, 0) is 112 Å². The molecule has 1 aliphatic rings. The second-order valence-corrected chi connectivity index (χ2v) is 19.2. The Labute approximate surface area is 423 Å². The van der Waals surface area contributed by atoms with Crippen molar-refractivity contribution in [2.24, 2.45) is 0 Å². The number of hydrogen-bond donors (Lipinski definition) is 0. The van der Waals surface area contributed by atoms with Crippen LogP contribution in [0.5, 0.6) is 0 Å². The molecule has 12 aromatic rings. The van der Waals surface area contributed by atoms with E-state index in [-0.39, 0.29) is 26.6 Å². The van der Waals surface area contributed by atoms with Crippen molar-refractivity contribution in [3.63, 3.8) is 0 Å². The fraction of sp³-hybridized carbons (Fsp3) is 0.0769. The molecule has 0 bridgehead atoms. The summed E-state index contributed by atoms with van der Waals surface area (Å²) in [5.74, 6) is 0.829. The summed E-state index contributed by atoms with van der Waals surface area (Å²) in [5, 5.41) is 2.27. The van der Waals surface area contributed by atoms with Gasteiger partial charge in [0.1, 0.15) is 5.82 Å². The van der Waals surface area contributed by atoms with Crippen LogP contribution in [0, 0.1) is 12.1 Å². The predicted octanol–water partition coefficient (Wildman–Crippen LogP) is 15.9. The van der Waals surface area contributed by atoms with E-state index in [0.29, 0.717) is 0 Å². The molecule has 0 saturated heterocycles. The van der Waals surface area contributed by atoms with E-state index >= 15 is 0 Å². The Balaban J connectivity index is 0.00000505. The van der Waals surface area contributed by atoms with Crippen LogP contribution in [0.15, 0.2) is 231 Å². The van der Waals surface area contributed by atoms with Gasteiger partial charge in [-0.3, -0.25) is 0 Å². The second kappa shape index (κ2) is 16.9. The standard InChI is InChI=1S/C65H47N4.Pt/c1-64(2,3)68-43-67(59-34-16-17-35-60(59)68)49-25-18-24-47(41-49)65(56-31-13-10-26-52(56)53-27-11-14-32-57(53)65)48-36-37-55-54-28-12-15-33-58(54)69(61(55)42-48)62-40-46(38-39-66-62)63-50(44-20-6-4-7-21-44)29-19-30-51(63)45-22-8-5-9-23-45;/h4-40,43H,1-3H3;/q-1;. The van der Waals surface area contributed by atoms with Gasteiger partial charge in [-0.25, -0.2) is 14.1 Å². The van der Waals surface area contributed by atoms with Crippen molar-refractivity contribution >= 4 is 32.8 Å². The van der Waals surface area contributed by atoms with E-state index in [2.05, 4.69) is 271 Å². The molecule has 0 atom stereocenters. The van der Waals surface area contributed by atoms with Crippen LogP contribution in [-0.4, -0.2) is 18.7 Å². The minimum absolute atomic E-state index is 0. The molecule has 1 aliphatic carbocycles. The van der Waals surface area contributed by atoms with Gasteiger partial charge in [0.25, 0.3) is 0 Å². The summed E-state index contributed by atoms with van der Waals surface area (Å²) in [5.41, 5.74) is 18.4. The molecule has 0 unspecified atom stereocenters. The van der Waals surface area contributed by atoms with E-state index in [9.17, 15) is 0 Å². The number of hydrogen-bond acceptors (Lipinski definition) is 1. The minimum atomic E-state index is -0.754. The van der Waals surface area contributed by atoms with Crippen molar-refractivity contribution in [3.8, 4) is 56.0 Å². The van der Waals surface area contributed by atoms with Gasteiger partial charge < -0.3 is 4.57 Å². The van der Waals surface area contributed by atoms with Crippen molar-refractivity contribution < 1.29 is 21.1 Å². The zero-order valence-electron chi connectivity index (χ0n) is 39.0. The number of fused-ring (bicyclic) bond motifs is 7. The molecule has 0 fully saturated rings. The molecule has 338 valence electrons. The summed E-state index contributed by atoms with van der Waals surface area (Å²) >= 11 is 0. The van der Waals surface area contributed by atoms with Crippen LogP contribution in [0.3, 0.4) is 0 Å². The Morgan fingerprint density at radius 2 is 1.03 bits per heavy atom. The van der Waals surface area contributed by atoms with Crippen molar-refractivity contribution in [2.75, 3.05) is 0 Å². The van der Waals surface area contributed by atoms with Crippen LogP contribution >= 0.6 is 0 Å². The van der Waals surface area contributed by atoms with Crippen LogP contribution in [-0.2, 0) is 32.0 Å². The van der Waals surface area contributed by atoms with Crippen LogP contribution in [0.1, 0.15) is 43.0 Å². The monoisotopic (exact) mass is 1080 g/mol. The van der Waals surface area contributed by atoms with Crippen LogP contribution in [0.4, 0.5) is 0 Å². The Hall–Kier alpha value is -7.91. The number of aromatic nitrogens is 4. The number of imidazole rings is 1. The maximum Gasteiger partial charge on any atom is 0.188 e. The molecule has 3 aromatic heterocycles. The van der Waals surface area contributed by atoms with Crippen molar-refractivity contribution in [3.05, 3.63) is 265 Å². The molecular weight excluding hydrogens is 1030 g/mol. The first-order valence-electron chi connectivity index (χ1n) is 23.8. The zero-order chi connectivity index (χ0) is 46.3. The Morgan fingerprint density at radius 1 is 0.471 bits per heavy atom. The molecule has 13 rings (SSSR count). The Kier molecular flexibility index (Phi) is 10.5. The fourth-order valence-corrected chi connectivity index (χ4v) is 11.2. The van der Waals surface area contributed by atoms with Crippen LogP contribution in [0.2, 0.25) is 0 Å². The summed E-state index contributed by atoms with van der Waals surface area (Å²) in [6.45, 7) is 6.77. The molecule has 0 spiro atoms. The van der Waals surface area contributed by atoms with Gasteiger partial charge in [0.2, 0.25) is 0 Å². The average molecular weight is 1080 g/mol. The molecule has 9 aromatic carbocycles. The molecule has 0 radical (unpaired) electrons. The molecule has 70 heavy (non-hydrogen) atoms. The fourth-order valence-electron chi connectivity index (χ4n) is 11.2. The first-order valence-corrected chi connectivity index (χ1v) is 23.8. The zero-order valence-corrected chi connectivity index (χ0v) is 41.3. The minimum Gasteiger partial charge on any atom is -0.319 e. The third-order valence-corrected chi connectivity index (χ3v) is 14.2. The third kappa shape index (κ3) is 6.69. The topological polar surface area (TPSA) is 27.7 Å². The molecule has 3 heterocycles. The molecular formula is C65H47N4Pt-. The van der Waals surface area contributed by atoms with E-state index in [1.807, 2.05) is 6.20 Å². The van der Waals surface area contributed by atoms with Gasteiger partial charge in [-0.15, -0.1) is 22.6 Å². The van der Waals surface area contributed by atoms with Crippen LogP contribution in [0.25, 0.3) is 88.9 Å². The average Bonchev–Trinajstić information content (AvgIpc) is 4.06. The number of para-hydroxylation sites is 3. The largest absolute Gasteiger partial charge is 0.319 e. The Bertz CT molecular complexity index is 3850. The van der Waals surface area contributed by atoms with Gasteiger partial charge in [-0.1, -0.05) is 157 Å². The third-order valence-electron chi connectivity index (χ3n) is 14.2. The van der Waals surface area contributed by atoms with Crippen molar-refractivity contribution in [1.29, 1.82) is 0 Å². The SMILES string of the molecule is CC(C)(C)n1[cH+]n(-c2[c-]c(C3(c4[c-]c5c(cc4)c4ccccc4n5-c4cc(-c5c(-c6ccccc6)cccc5-c5ccccc5)ccn4)c4ccccc4-c4ccccc43)ccc2)c2ccccc21.[Pt]. The molecule has 0 aliphatic heterocycles. The smallest absolute Gasteiger partial charge is 0.188 e. The number of rotatable bonds is 7. The summed E-state index contributed by atoms with van der Waals surface area (Å²) < 4.78 is 6.99. The number of pyridine rings is 1. The molecule has 4 nitrogen and oxygen atoms in total. The van der Waals surface area contributed by atoms with E-state index in [1.165, 1.54) is 55.6 Å². The van der Waals surface area contributed by atoms with E-state index in [1.54, 1.807) is 0 Å². The quantitative estimate of drug-likeness (QED) is 0.146. The summed E-state index contributed by atoms with van der Waals surface area (Å²) in [4.78, 5) is 5.21.